The number of aliphatic hydroxyl groups is 2. The quantitative estimate of drug-likeness (QED) is 0.357. The first-order valence-electron chi connectivity index (χ1n) is 9.56. The number of alkyl halides is 1. The van der Waals surface area contributed by atoms with Gasteiger partial charge >= 0.3 is 0 Å². The molecule has 154 valence electrons. The molecule has 0 fully saturated rings. The number of halogens is 1. The Labute approximate surface area is 171 Å². The van der Waals surface area contributed by atoms with Crippen molar-refractivity contribution in [1.82, 2.24) is 4.90 Å². The second kappa shape index (κ2) is 13.0. The van der Waals surface area contributed by atoms with Crippen molar-refractivity contribution in [2.45, 2.75) is 46.4 Å². The second-order valence-electron chi connectivity index (χ2n) is 7.84. The molecule has 0 aromatic carbocycles. The molecule has 0 heterocycles. The van der Waals surface area contributed by atoms with Crippen LogP contribution in [-0.2, 0) is 0 Å². The lowest BCUT2D eigenvalue weighted by atomic mass is 9.71. The van der Waals surface area contributed by atoms with Gasteiger partial charge in [0, 0.05) is 30.1 Å². The van der Waals surface area contributed by atoms with Gasteiger partial charge in [-0.3, -0.25) is 0 Å². The molecule has 0 saturated carbocycles. The Kier molecular flexibility index (Phi) is 12.4. The molecule has 0 aliphatic rings. The van der Waals surface area contributed by atoms with Crippen molar-refractivity contribution in [1.29, 1.82) is 0 Å². The van der Waals surface area contributed by atoms with E-state index in [0.717, 1.165) is 23.3 Å². The molecule has 2 N–H and O–H groups in total. The van der Waals surface area contributed by atoms with Crippen LogP contribution in [0.3, 0.4) is 0 Å². The highest BCUT2D eigenvalue weighted by Crippen LogP contribution is 2.39. The van der Waals surface area contributed by atoms with Gasteiger partial charge in [0.2, 0.25) is 0 Å². The molecule has 0 aliphatic carbocycles. The molecular weight excluding hydrogens is 358 g/mol. The van der Waals surface area contributed by atoms with E-state index in [9.17, 15) is 10.2 Å². The van der Waals surface area contributed by atoms with E-state index in [2.05, 4.69) is 46.1 Å². The minimum Gasteiger partial charge on any atom is -0.395 e. The molecule has 0 aliphatic heterocycles. The van der Waals surface area contributed by atoms with Crippen LogP contribution in [0.25, 0.3) is 0 Å². The molecule has 27 heavy (non-hydrogen) atoms. The Morgan fingerprint density at radius 1 is 1.04 bits per heavy atom. The molecule has 0 amide bonds. The topological polar surface area (TPSA) is 43.7 Å². The molecule has 0 spiro atoms. The van der Waals surface area contributed by atoms with E-state index in [1.807, 2.05) is 37.0 Å². The lowest BCUT2D eigenvalue weighted by molar-refractivity contribution is 0.189. The summed E-state index contributed by atoms with van der Waals surface area (Å²) in [6.07, 6.45) is 10.8. The van der Waals surface area contributed by atoms with Crippen LogP contribution in [0.15, 0.2) is 60.4 Å². The van der Waals surface area contributed by atoms with Crippen LogP contribution < -0.4 is 0 Å². The van der Waals surface area contributed by atoms with Crippen molar-refractivity contribution in [3.63, 3.8) is 0 Å². The summed E-state index contributed by atoms with van der Waals surface area (Å²) in [5.74, 6) is 0.135. The molecule has 0 aromatic heterocycles. The molecular formula is C23H38ClNO2. The molecule has 0 bridgehead atoms. The third-order valence-electron chi connectivity index (χ3n) is 4.44. The van der Waals surface area contributed by atoms with E-state index < -0.39 is 0 Å². The lowest BCUT2D eigenvalue weighted by Gasteiger charge is -2.33. The maximum absolute atomic E-state index is 9.23. The van der Waals surface area contributed by atoms with Gasteiger partial charge in [-0.1, -0.05) is 58.2 Å². The molecule has 0 radical (unpaired) electrons. The van der Waals surface area contributed by atoms with Gasteiger partial charge in [0.05, 0.1) is 13.2 Å². The van der Waals surface area contributed by atoms with Gasteiger partial charge in [0.25, 0.3) is 0 Å². The first-order valence-corrected chi connectivity index (χ1v) is 10.00. The molecule has 3 nitrogen and oxygen atoms in total. The highest BCUT2D eigenvalue weighted by Gasteiger charge is 2.28. The van der Waals surface area contributed by atoms with Crippen LogP contribution in [-0.4, -0.2) is 46.8 Å². The highest BCUT2D eigenvalue weighted by atomic mass is 35.5. The van der Waals surface area contributed by atoms with E-state index in [4.69, 9.17) is 11.6 Å². The first-order chi connectivity index (χ1) is 12.6. The average molecular weight is 396 g/mol. The van der Waals surface area contributed by atoms with Crippen molar-refractivity contribution in [2.75, 3.05) is 26.3 Å². The number of hydrogen-bond donors (Lipinski definition) is 2. The van der Waals surface area contributed by atoms with E-state index in [-0.39, 0.29) is 29.9 Å². The van der Waals surface area contributed by atoms with E-state index in [1.54, 1.807) is 0 Å². The summed E-state index contributed by atoms with van der Waals surface area (Å²) in [7, 11) is 0. The average Bonchev–Trinajstić information content (AvgIpc) is 2.59. The predicted octanol–water partition coefficient (Wildman–Crippen LogP) is 5.08. The SMILES string of the molecule is C=C/C(=C\C=C(/C)N(CCO)CCO)C(/C(C=C)=C/CC(C)Cl)C(C)(C)C. The van der Waals surface area contributed by atoms with Crippen LogP contribution in [0.5, 0.6) is 0 Å². The van der Waals surface area contributed by atoms with E-state index in [0.29, 0.717) is 13.1 Å². The summed E-state index contributed by atoms with van der Waals surface area (Å²) < 4.78 is 0. The van der Waals surface area contributed by atoms with Gasteiger partial charge in [-0.15, -0.1) is 11.6 Å². The number of nitrogens with zero attached hydrogens (tertiary/aromatic N) is 1. The number of aliphatic hydroxyl groups excluding tert-OH is 2. The van der Waals surface area contributed by atoms with Crippen molar-refractivity contribution in [3.05, 3.63) is 60.4 Å². The zero-order chi connectivity index (χ0) is 21.0. The van der Waals surface area contributed by atoms with Crippen LogP contribution in [0.4, 0.5) is 0 Å². The Morgan fingerprint density at radius 2 is 1.56 bits per heavy atom. The van der Waals surface area contributed by atoms with Crippen molar-refractivity contribution in [2.24, 2.45) is 11.3 Å². The molecule has 2 atom stereocenters. The summed E-state index contributed by atoms with van der Waals surface area (Å²) in [5, 5.41) is 18.5. The zero-order valence-electron chi connectivity index (χ0n) is 17.7. The summed E-state index contributed by atoms with van der Waals surface area (Å²) in [6.45, 7) is 19.7. The Morgan fingerprint density at radius 3 is 1.93 bits per heavy atom. The smallest absolute Gasteiger partial charge is 0.0606 e. The second-order valence-corrected chi connectivity index (χ2v) is 8.58. The minimum absolute atomic E-state index is 0.0206. The fraction of sp³-hybridized carbons (Fsp3) is 0.565. The lowest BCUT2D eigenvalue weighted by Crippen LogP contribution is -2.28. The van der Waals surface area contributed by atoms with Crippen molar-refractivity contribution < 1.29 is 10.2 Å². The molecule has 0 rings (SSSR count). The van der Waals surface area contributed by atoms with Crippen molar-refractivity contribution >= 4 is 11.6 Å². The van der Waals surface area contributed by atoms with Gasteiger partial charge in [0.1, 0.15) is 0 Å². The summed E-state index contributed by atoms with van der Waals surface area (Å²) >= 11 is 6.14. The van der Waals surface area contributed by atoms with Gasteiger partial charge in [-0.25, -0.2) is 0 Å². The third kappa shape index (κ3) is 9.46. The fourth-order valence-electron chi connectivity index (χ4n) is 3.12. The Hall–Kier alpha value is -1.29. The molecule has 4 heteroatoms. The van der Waals surface area contributed by atoms with E-state index in [1.165, 1.54) is 0 Å². The first kappa shape index (κ1) is 25.7. The Balaban J connectivity index is 5.95. The minimum atomic E-state index is -0.0206. The summed E-state index contributed by atoms with van der Waals surface area (Å²) in [6, 6.07) is 0. The standard InChI is InChI=1S/C23H38ClNO2/c1-8-20(12-10-18(3)24)22(23(5,6)7)21(9-2)13-11-19(4)25(14-16-26)15-17-27/h8-9,11-13,18,22,26-27H,1-2,10,14-17H2,3-7H3/b19-11+,20-12+,21-13+. The summed E-state index contributed by atoms with van der Waals surface area (Å²) in [4.78, 5) is 1.96. The summed E-state index contributed by atoms with van der Waals surface area (Å²) in [5.41, 5.74) is 3.22. The number of allylic oxidation sites excluding steroid dienone is 8. The van der Waals surface area contributed by atoms with Gasteiger partial charge in [0.15, 0.2) is 0 Å². The van der Waals surface area contributed by atoms with Gasteiger partial charge < -0.3 is 15.1 Å². The molecule has 0 saturated heterocycles. The maximum Gasteiger partial charge on any atom is 0.0606 e. The van der Waals surface area contributed by atoms with E-state index >= 15 is 0 Å². The zero-order valence-corrected chi connectivity index (χ0v) is 18.5. The highest BCUT2D eigenvalue weighted by molar-refractivity contribution is 6.20. The fourth-order valence-corrected chi connectivity index (χ4v) is 3.21. The van der Waals surface area contributed by atoms with Crippen LogP contribution in [0, 0.1) is 11.3 Å². The van der Waals surface area contributed by atoms with Gasteiger partial charge in [-0.05, 0) is 42.9 Å². The molecule has 2 unspecified atom stereocenters. The van der Waals surface area contributed by atoms with Crippen LogP contribution >= 0.6 is 11.6 Å². The Bertz CT molecular complexity index is 547. The monoisotopic (exact) mass is 395 g/mol. The number of hydrogen-bond acceptors (Lipinski definition) is 3. The molecule has 0 aromatic rings. The van der Waals surface area contributed by atoms with Crippen molar-refractivity contribution in [3.8, 4) is 0 Å². The van der Waals surface area contributed by atoms with Gasteiger partial charge in [-0.2, -0.15) is 0 Å². The van der Waals surface area contributed by atoms with Crippen LogP contribution in [0.2, 0.25) is 0 Å². The third-order valence-corrected chi connectivity index (χ3v) is 4.62. The van der Waals surface area contributed by atoms with Crippen LogP contribution in [0.1, 0.15) is 41.0 Å². The number of rotatable bonds is 12. The largest absolute Gasteiger partial charge is 0.395 e. The maximum atomic E-state index is 9.23. The normalized spacial score (nSPS) is 16.1. The predicted molar refractivity (Wildman–Crippen MR) is 119 cm³/mol.